The molecule has 0 spiro atoms. The van der Waals surface area contributed by atoms with Crippen LogP contribution in [0.15, 0.2) is 6.20 Å². The van der Waals surface area contributed by atoms with Crippen molar-refractivity contribution < 1.29 is 24.5 Å². The molecule has 1 saturated heterocycles. The van der Waals surface area contributed by atoms with E-state index in [9.17, 15) is 15.0 Å². The summed E-state index contributed by atoms with van der Waals surface area (Å²) in [5.74, 6) is -0.348. The number of carbonyl (C=O) groups is 1. The lowest BCUT2D eigenvalue weighted by molar-refractivity contribution is -0.129. The fourth-order valence-electron chi connectivity index (χ4n) is 3.59. The van der Waals surface area contributed by atoms with E-state index in [0.29, 0.717) is 51.3 Å². The largest absolute Gasteiger partial charge is 0.390 e. The molecule has 1 aliphatic carbocycles. The maximum absolute atomic E-state index is 12.3. The number of hydrogen-bond donors (Lipinski definition) is 3. The first-order chi connectivity index (χ1) is 12.1. The molecule has 2 heterocycles. The molecule has 1 aromatic heterocycles. The highest BCUT2D eigenvalue weighted by molar-refractivity contribution is 5.85. The van der Waals surface area contributed by atoms with Gasteiger partial charge in [0.1, 0.15) is 11.8 Å². The zero-order valence-electron chi connectivity index (χ0n) is 14.8. The van der Waals surface area contributed by atoms with Gasteiger partial charge in [-0.15, -0.1) is 17.5 Å². The van der Waals surface area contributed by atoms with Gasteiger partial charge in [0.2, 0.25) is 5.91 Å². The van der Waals surface area contributed by atoms with Crippen molar-refractivity contribution in [2.24, 2.45) is 11.8 Å². The molecule has 26 heavy (non-hydrogen) atoms. The Morgan fingerprint density at radius 2 is 2.12 bits per heavy atom. The number of nitrogens with zero attached hydrogens (tertiary/aromatic N) is 3. The zero-order valence-corrected chi connectivity index (χ0v) is 15.6. The SMILES string of the molecule is COCc1cn(C[C@H]2C[C@@H](NC(=O)C3CCOCC3)[C@H](O)[C@@H]2O)nn1.Cl. The molecule has 0 radical (unpaired) electrons. The Morgan fingerprint density at radius 1 is 1.38 bits per heavy atom. The molecule has 0 bridgehead atoms. The molecule has 0 unspecified atom stereocenters. The van der Waals surface area contributed by atoms with Gasteiger partial charge in [0, 0.05) is 38.7 Å². The average Bonchev–Trinajstić information content (AvgIpc) is 3.16. The van der Waals surface area contributed by atoms with Crippen molar-refractivity contribution in [1.82, 2.24) is 20.3 Å². The van der Waals surface area contributed by atoms with Gasteiger partial charge in [0.05, 0.1) is 24.9 Å². The van der Waals surface area contributed by atoms with Gasteiger partial charge in [-0.1, -0.05) is 5.21 Å². The second kappa shape index (κ2) is 9.61. The van der Waals surface area contributed by atoms with E-state index in [2.05, 4.69) is 15.6 Å². The number of nitrogens with one attached hydrogen (secondary N) is 1. The van der Waals surface area contributed by atoms with Crippen LogP contribution in [-0.4, -0.2) is 69.7 Å². The molecule has 1 aromatic rings. The number of aliphatic hydroxyl groups is 2. The maximum atomic E-state index is 12.3. The van der Waals surface area contributed by atoms with E-state index in [1.54, 1.807) is 18.0 Å². The van der Waals surface area contributed by atoms with Crippen LogP contribution in [-0.2, 0) is 27.4 Å². The van der Waals surface area contributed by atoms with Gasteiger partial charge in [-0.25, -0.2) is 0 Å². The lowest BCUT2D eigenvalue weighted by atomic mass is 9.98. The molecule has 9 nitrogen and oxygen atoms in total. The Balaban J connectivity index is 0.00000243. The molecule has 10 heteroatoms. The summed E-state index contributed by atoms with van der Waals surface area (Å²) in [6.45, 7) is 1.98. The van der Waals surface area contributed by atoms with Crippen LogP contribution in [0.3, 0.4) is 0 Å². The molecule has 2 aliphatic rings. The molecule has 3 N–H and O–H groups in total. The molecular weight excluding hydrogens is 364 g/mol. The molecule has 2 fully saturated rings. The maximum Gasteiger partial charge on any atom is 0.223 e. The molecule has 0 aromatic carbocycles. The first-order valence-electron chi connectivity index (χ1n) is 8.70. The minimum absolute atomic E-state index is 0. The van der Waals surface area contributed by atoms with Gasteiger partial charge in [0.25, 0.3) is 0 Å². The van der Waals surface area contributed by atoms with Crippen LogP contribution in [0.25, 0.3) is 0 Å². The summed E-state index contributed by atoms with van der Waals surface area (Å²) < 4.78 is 11.9. The topological polar surface area (TPSA) is 119 Å². The minimum atomic E-state index is -0.976. The predicted molar refractivity (Wildman–Crippen MR) is 93.6 cm³/mol. The number of carbonyl (C=O) groups excluding carboxylic acids is 1. The van der Waals surface area contributed by atoms with Gasteiger partial charge in [-0.2, -0.15) is 0 Å². The highest BCUT2D eigenvalue weighted by Gasteiger charge is 2.43. The van der Waals surface area contributed by atoms with Crippen LogP contribution in [0.4, 0.5) is 0 Å². The third kappa shape index (κ3) is 4.92. The molecule has 1 amide bonds. The molecular formula is C16H27ClN4O5. The zero-order chi connectivity index (χ0) is 17.8. The van der Waals surface area contributed by atoms with Crippen molar-refractivity contribution in [3.05, 3.63) is 11.9 Å². The Labute approximate surface area is 158 Å². The van der Waals surface area contributed by atoms with Crippen LogP contribution in [0.2, 0.25) is 0 Å². The number of aliphatic hydroxyl groups excluding tert-OH is 2. The summed E-state index contributed by atoms with van der Waals surface area (Å²) in [6.07, 6.45) is 1.77. The summed E-state index contributed by atoms with van der Waals surface area (Å²) in [5, 5.41) is 31.5. The third-order valence-corrected chi connectivity index (χ3v) is 5.02. The van der Waals surface area contributed by atoms with Gasteiger partial charge in [0.15, 0.2) is 0 Å². The summed E-state index contributed by atoms with van der Waals surface area (Å²) >= 11 is 0. The lowest BCUT2D eigenvalue weighted by Crippen LogP contribution is -2.46. The first-order valence-corrected chi connectivity index (χ1v) is 8.70. The average molecular weight is 391 g/mol. The van der Waals surface area contributed by atoms with Crippen molar-refractivity contribution in [1.29, 1.82) is 0 Å². The van der Waals surface area contributed by atoms with Gasteiger partial charge in [-0.3, -0.25) is 9.48 Å². The van der Waals surface area contributed by atoms with E-state index < -0.39 is 18.2 Å². The summed E-state index contributed by atoms with van der Waals surface area (Å²) in [6, 6.07) is -0.447. The molecule has 148 valence electrons. The van der Waals surface area contributed by atoms with Crippen molar-refractivity contribution in [2.75, 3.05) is 20.3 Å². The highest BCUT2D eigenvalue weighted by atomic mass is 35.5. The van der Waals surface area contributed by atoms with Crippen LogP contribution in [0.5, 0.6) is 0 Å². The molecule has 3 rings (SSSR count). The van der Waals surface area contributed by atoms with E-state index in [0.717, 1.165) is 0 Å². The third-order valence-electron chi connectivity index (χ3n) is 5.02. The fourth-order valence-corrected chi connectivity index (χ4v) is 3.59. The summed E-state index contributed by atoms with van der Waals surface area (Å²) in [7, 11) is 1.59. The van der Waals surface area contributed by atoms with Crippen molar-refractivity contribution in [3.8, 4) is 0 Å². The van der Waals surface area contributed by atoms with E-state index in [1.807, 2.05) is 0 Å². The summed E-state index contributed by atoms with van der Waals surface area (Å²) in [5.41, 5.74) is 0.708. The van der Waals surface area contributed by atoms with E-state index in [4.69, 9.17) is 9.47 Å². The predicted octanol–water partition coefficient (Wildman–Crippen LogP) is -0.501. The molecule has 1 aliphatic heterocycles. The highest BCUT2D eigenvalue weighted by Crippen LogP contribution is 2.29. The standard InChI is InChI=1S/C16H26N4O5.ClH/c1-24-9-12-8-20(19-18-12)7-11-6-13(15(22)14(11)21)17-16(23)10-2-4-25-5-3-10;/h8,10-11,13-15,21-22H,2-7,9H2,1H3,(H,17,23);1H/t11-,13-,14-,15+;/m1./s1. The van der Waals surface area contributed by atoms with Crippen molar-refractivity contribution in [3.63, 3.8) is 0 Å². The number of amides is 1. The Kier molecular flexibility index (Phi) is 7.78. The van der Waals surface area contributed by atoms with E-state index in [1.165, 1.54) is 0 Å². The second-order valence-electron chi connectivity index (χ2n) is 6.84. The normalized spacial score (nSPS) is 29.3. The van der Waals surface area contributed by atoms with Gasteiger partial charge >= 0.3 is 0 Å². The van der Waals surface area contributed by atoms with Gasteiger partial charge < -0.3 is 25.0 Å². The van der Waals surface area contributed by atoms with E-state index in [-0.39, 0.29) is 30.2 Å². The Hall–Kier alpha value is -1.26. The Bertz CT molecular complexity index is 581. The second-order valence-corrected chi connectivity index (χ2v) is 6.84. The quantitative estimate of drug-likeness (QED) is 0.599. The fraction of sp³-hybridized carbons (Fsp3) is 0.812. The lowest BCUT2D eigenvalue weighted by Gasteiger charge is -2.24. The van der Waals surface area contributed by atoms with Crippen molar-refractivity contribution in [2.45, 2.75) is 50.7 Å². The molecule has 1 saturated carbocycles. The number of aromatic nitrogens is 3. The number of ether oxygens (including phenoxy) is 2. The number of rotatable bonds is 6. The smallest absolute Gasteiger partial charge is 0.223 e. The summed E-state index contributed by atoms with van der Waals surface area (Å²) in [4.78, 5) is 12.3. The Morgan fingerprint density at radius 3 is 2.81 bits per heavy atom. The van der Waals surface area contributed by atoms with Crippen LogP contribution in [0.1, 0.15) is 25.0 Å². The monoisotopic (exact) mass is 390 g/mol. The number of hydrogen-bond acceptors (Lipinski definition) is 7. The number of halogens is 1. The molecule has 4 atom stereocenters. The van der Waals surface area contributed by atoms with Gasteiger partial charge in [-0.05, 0) is 19.3 Å². The van der Waals surface area contributed by atoms with Crippen molar-refractivity contribution >= 4 is 18.3 Å². The van der Waals surface area contributed by atoms with Crippen LogP contribution >= 0.6 is 12.4 Å². The van der Waals surface area contributed by atoms with Crippen LogP contribution < -0.4 is 5.32 Å². The minimum Gasteiger partial charge on any atom is -0.390 e. The first kappa shape index (κ1) is 21.0. The van der Waals surface area contributed by atoms with E-state index >= 15 is 0 Å². The number of methoxy groups -OCH3 is 1. The van der Waals surface area contributed by atoms with Crippen LogP contribution in [0, 0.1) is 11.8 Å².